The zero-order valence-electron chi connectivity index (χ0n) is 14.9. The van der Waals surface area contributed by atoms with Crippen molar-refractivity contribution < 1.29 is 4.74 Å². The Morgan fingerprint density at radius 2 is 2.12 bits per heavy atom. The number of rotatable bonds is 8. The van der Waals surface area contributed by atoms with E-state index in [1.165, 1.54) is 38.5 Å². The highest BCUT2D eigenvalue weighted by molar-refractivity contribution is 5.53. The molecule has 1 aliphatic carbocycles. The average Bonchev–Trinajstić information content (AvgIpc) is 3.17. The van der Waals surface area contributed by atoms with E-state index in [2.05, 4.69) is 45.5 Å². The van der Waals surface area contributed by atoms with Crippen molar-refractivity contribution >= 4 is 5.76 Å². The van der Waals surface area contributed by atoms with E-state index < -0.39 is 0 Å². The smallest absolute Gasteiger partial charge is 0.239 e. The number of aromatic amines is 1. The summed E-state index contributed by atoms with van der Waals surface area (Å²) in [5.74, 6) is 2.40. The first-order valence-corrected chi connectivity index (χ1v) is 9.14. The molecule has 0 saturated heterocycles. The molecule has 1 fully saturated rings. The minimum absolute atomic E-state index is 0.369. The van der Waals surface area contributed by atoms with E-state index in [1.54, 1.807) is 0 Å². The fourth-order valence-electron chi connectivity index (χ4n) is 3.50. The third kappa shape index (κ3) is 5.13. The summed E-state index contributed by atoms with van der Waals surface area (Å²) in [5.41, 5.74) is 1.10. The van der Waals surface area contributed by atoms with Crippen molar-refractivity contribution in [1.29, 1.82) is 0 Å². The zero-order chi connectivity index (χ0) is 17.5. The van der Waals surface area contributed by atoms with Gasteiger partial charge in [0.05, 0.1) is 0 Å². The SMILES string of the molecule is C=C(Oc1ccccc1CN[C@@H](C)CC1CCCCC1)c1nn[nH]n1. The van der Waals surface area contributed by atoms with E-state index >= 15 is 0 Å². The van der Waals surface area contributed by atoms with Crippen LogP contribution >= 0.6 is 0 Å². The van der Waals surface area contributed by atoms with Crippen LogP contribution in [0.2, 0.25) is 0 Å². The molecule has 0 radical (unpaired) electrons. The van der Waals surface area contributed by atoms with Crippen molar-refractivity contribution in [3.05, 3.63) is 42.2 Å². The number of H-pyrrole nitrogens is 1. The van der Waals surface area contributed by atoms with Crippen molar-refractivity contribution in [3.8, 4) is 5.75 Å². The molecule has 25 heavy (non-hydrogen) atoms. The summed E-state index contributed by atoms with van der Waals surface area (Å²) in [4.78, 5) is 0. The maximum absolute atomic E-state index is 5.85. The molecule has 6 heteroatoms. The lowest BCUT2D eigenvalue weighted by molar-refractivity contribution is 0.304. The van der Waals surface area contributed by atoms with Gasteiger partial charge >= 0.3 is 0 Å². The molecular weight excluding hydrogens is 314 g/mol. The highest BCUT2D eigenvalue weighted by Crippen LogP contribution is 2.28. The molecule has 1 atom stereocenters. The number of hydrogen-bond donors (Lipinski definition) is 2. The number of aromatic nitrogens is 4. The number of nitrogens with one attached hydrogen (secondary N) is 2. The van der Waals surface area contributed by atoms with Gasteiger partial charge in [-0.25, -0.2) is 0 Å². The fraction of sp³-hybridized carbons (Fsp3) is 0.526. The molecule has 1 heterocycles. The Morgan fingerprint density at radius 1 is 1.32 bits per heavy atom. The van der Waals surface area contributed by atoms with Crippen LogP contribution < -0.4 is 10.1 Å². The highest BCUT2D eigenvalue weighted by Gasteiger charge is 2.17. The van der Waals surface area contributed by atoms with Gasteiger partial charge in [-0.1, -0.05) is 56.9 Å². The van der Waals surface area contributed by atoms with Crippen LogP contribution in [0.1, 0.15) is 56.8 Å². The van der Waals surface area contributed by atoms with Crippen LogP contribution in [0, 0.1) is 5.92 Å². The topological polar surface area (TPSA) is 75.7 Å². The van der Waals surface area contributed by atoms with Gasteiger partial charge in [0.1, 0.15) is 5.75 Å². The van der Waals surface area contributed by atoms with Crippen molar-refractivity contribution in [2.24, 2.45) is 5.92 Å². The second-order valence-electron chi connectivity index (χ2n) is 6.89. The molecule has 2 N–H and O–H groups in total. The van der Waals surface area contributed by atoms with Crippen molar-refractivity contribution in [3.63, 3.8) is 0 Å². The van der Waals surface area contributed by atoms with Crippen LogP contribution in [0.5, 0.6) is 5.75 Å². The molecule has 1 aromatic carbocycles. The van der Waals surface area contributed by atoms with Gasteiger partial charge in [0.2, 0.25) is 5.82 Å². The fourth-order valence-corrected chi connectivity index (χ4v) is 3.50. The van der Waals surface area contributed by atoms with Gasteiger partial charge in [0.25, 0.3) is 0 Å². The number of ether oxygens (including phenoxy) is 1. The molecule has 0 spiro atoms. The van der Waals surface area contributed by atoms with Crippen molar-refractivity contribution in [2.45, 2.75) is 58.0 Å². The Kier molecular flexibility index (Phi) is 6.17. The summed E-state index contributed by atoms with van der Waals surface area (Å²) in [7, 11) is 0. The molecule has 3 rings (SSSR count). The molecule has 1 aliphatic rings. The van der Waals surface area contributed by atoms with E-state index in [4.69, 9.17) is 4.74 Å². The normalized spacial score (nSPS) is 16.5. The maximum Gasteiger partial charge on any atom is 0.239 e. The molecule has 2 aromatic rings. The predicted molar refractivity (Wildman–Crippen MR) is 97.8 cm³/mol. The summed E-state index contributed by atoms with van der Waals surface area (Å²) < 4.78 is 5.85. The molecule has 0 bridgehead atoms. The second-order valence-corrected chi connectivity index (χ2v) is 6.89. The van der Waals surface area contributed by atoms with Crippen LogP contribution in [0.15, 0.2) is 30.8 Å². The van der Waals surface area contributed by atoms with E-state index in [0.29, 0.717) is 17.6 Å². The van der Waals surface area contributed by atoms with Crippen LogP contribution in [-0.4, -0.2) is 26.7 Å². The summed E-state index contributed by atoms with van der Waals surface area (Å²) in [5, 5.41) is 17.4. The monoisotopic (exact) mass is 341 g/mol. The standard InChI is InChI=1S/C19H27N5O/c1-14(12-16-8-4-3-5-9-16)20-13-17-10-6-7-11-18(17)25-15(2)19-21-23-24-22-19/h6-7,10-11,14,16,20H,2-5,8-9,12-13H2,1H3,(H,21,22,23,24)/t14-/m0/s1. The molecule has 0 amide bonds. The quantitative estimate of drug-likeness (QED) is 0.716. The first-order valence-electron chi connectivity index (χ1n) is 9.14. The van der Waals surface area contributed by atoms with Crippen molar-refractivity contribution in [1.82, 2.24) is 25.9 Å². The number of benzene rings is 1. The van der Waals surface area contributed by atoms with Gasteiger partial charge in [-0.3, -0.25) is 0 Å². The molecular formula is C19H27N5O. The van der Waals surface area contributed by atoms with Crippen LogP contribution in [0.3, 0.4) is 0 Å². The zero-order valence-corrected chi connectivity index (χ0v) is 14.9. The predicted octanol–water partition coefficient (Wildman–Crippen LogP) is 3.70. The molecule has 0 unspecified atom stereocenters. The van der Waals surface area contributed by atoms with Crippen LogP contribution in [0.25, 0.3) is 5.76 Å². The van der Waals surface area contributed by atoms with Crippen LogP contribution in [0.4, 0.5) is 0 Å². The Morgan fingerprint density at radius 3 is 2.88 bits per heavy atom. The van der Waals surface area contributed by atoms with Gasteiger partial charge in [-0.2, -0.15) is 5.21 Å². The Hall–Kier alpha value is -2.21. The van der Waals surface area contributed by atoms with Gasteiger partial charge in [0.15, 0.2) is 5.76 Å². The van der Waals surface area contributed by atoms with Gasteiger partial charge < -0.3 is 10.1 Å². The third-order valence-electron chi connectivity index (χ3n) is 4.85. The number of hydrogen-bond acceptors (Lipinski definition) is 5. The van der Waals surface area contributed by atoms with E-state index in [0.717, 1.165) is 23.8 Å². The maximum atomic E-state index is 5.85. The van der Waals surface area contributed by atoms with E-state index in [1.807, 2.05) is 18.2 Å². The lowest BCUT2D eigenvalue weighted by Gasteiger charge is -2.25. The average molecular weight is 341 g/mol. The number of tetrazole rings is 1. The van der Waals surface area contributed by atoms with Crippen molar-refractivity contribution in [2.75, 3.05) is 0 Å². The van der Waals surface area contributed by atoms with E-state index in [9.17, 15) is 0 Å². The second kappa shape index (κ2) is 8.76. The minimum Gasteiger partial charge on any atom is -0.454 e. The molecule has 1 saturated carbocycles. The Balaban J connectivity index is 1.54. The Labute approximate surface area is 149 Å². The first kappa shape index (κ1) is 17.6. The Bertz CT molecular complexity index is 664. The summed E-state index contributed by atoms with van der Waals surface area (Å²) in [6.07, 6.45) is 8.22. The lowest BCUT2D eigenvalue weighted by Crippen LogP contribution is -2.28. The molecule has 6 nitrogen and oxygen atoms in total. The number of para-hydroxylation sites is 1. The number of nitrogens with zero attached hydrogens (tertiary/aromatic N) is 3. The highest BCUT2D eigenvalue weighted by atomic mass is 16.5. The molecule has 1 aromatic heterocycles. The summed E-state index contributed by atoms with van der Waals surface area (Å²) in [6.45, 7) is 6.92. The molecule has 134 valence electrons. The van der Waals surface area contributed by atoms with Gasteiger partial charge in [0, 0.05) is 18.2 Å². The van der Waals surface area contributed by atoms with Gasteiger partial charge in [-0.15, -0.1) is 10.2 Å². The van der Waals surface area contributed by atoms with Crippen LogP contribution in [-0.2, 0) is 6.54 Å². The van der Waals surface area contributed by atoms with E-state index in [-0.39, 0.29) is 0 Å². The largest absolute Gasteiger partial charge is 0.454 e. The minimum atomic E-state index is 0.369. The summed E-state index contributed by atoms with van der Waals surface area (Å²) in [6, 6.07) is 8.48. The third-order valence-corrected chi connectivity index (χ3v) is 4.85. The first-order chi connectivity index (χ1) is 12.2. The van der Waals surface area contributed by atoms with Gasteiger partial charge in [-0.05, 0) is 30.5 Å². The summed E-state index contributed by atoms with van der Waals surface area (Å²) >= 11 is 0. The lowest BCUT2D eigenvalue weighted by atomic mass is 9.85. The molecule has 0 aliphatic heterocycles.